The Labute approximate surface area is 115 Å². The number of H-pyrrole nitrogens is 1. The Balaban J connectivity index is 2.11. The molecule has 0 spiro atoms. The zero-order chi connectivity index (χ0) is 14.3. The molecular weight excluding hydrogens is 288 g/mol. The molecule has 3 aromatic heterocycles. The third-order valence-corrected chi connectivity index (χ3v) is 3.04. The number of hydrogen-bond donors (Lipinski definition) is 1. The summed E-state index contributed by atoms with van der Waals surface area (Å²) < 4.78 is 7.39. The summed E-state index contributed by atoms with van der Waals surface area (Å²) in [5.41, 5.74) is -0.470. The van der Waals surface area contributed by atoms with E-state index in [1.54, 1.807) is 0 Å². The number of halogens is 1. The summed E-state index contributed by atoms with van der Waals surface area (Å²) in [5.74, 6) is 0.785. The van der Waals surface area contributed by atoms with Gasteiger partial charge in [-0.2, -0.15) is 4.98 Å². The zero-order valence-corrected chi connectivity index (χ0v) is 11.1. The van der Waals surface area contributed by atoms with Crippen molar-refractivity contribution in [1.29, 1.82) is 0 Å². The van der Waals surface area contributed by atoms with Gasteiger partial charge in [-0.05, 0) is 0 Å². The van der Waals surface area contributed by atoms with Crippen molar-refractivity contribution >= 4 is 22.8 Å². The van der Waals surface area contributed by atoms with Crippen LogP contribution in [-0.2, 0) is 19.5 Å². The molecule has 0 aliphatic heterocycles. The lowest BCUT2D eigenvalue weighted by atomic mass is 10.5. The average Bonchev–Trinajstić information content (AvgIpc) is 3.04. The highest BCUT2D eigenvalue weighted by atomic mass is 35.5. The van der Waals surface area contributed by atoms with Crippen LogP contribution in [0.15, 0.2) is 20.4 Å². The normalized spacial score (nSPS) is 11.3. The van der Waals surface area contributed by atoms with Gasteiger partial charge in [0.05, 0.1) is 12.9 Å². The van der Waals surface area contributed by atoms with Crippen LogP contribution in [0.1, 0.15) is 11.7 Å². The largest absolute Gasteiger partial charge is 0.338 e. The van der Waals surface area contributed by atoms with Crippen LogP contribution in [0.5, 0.6) is 0 Å². The molecule has 0 fully saturated rings. The van der Waals surface area contributed by atoms with E-state index in [1.165, 1.54) is 17.9 Å². The fourth-order valence-corrected chi connectivity index (χ4v) is 1.92. The molecule has 0 amide bonds. The summed E-state index contributed by atoms with van der Waals surface area (Å²) in [5, 5.41) is 3.74. The van der Waals surface area contributed by atoms with Crippen molar-refractivity contribution in [1.82, 2.24) is 29.2 Å². The van der Waals surface area contributed by atoms with Crippen LogP contribution in [0.3, 0.4) is 0 Å². The highest BCUT2D eigenvalue weighted by molar-refractivity contribution is 6.16. The minimum Gasteiger partial charge on any atom is -0.338 e. The number of aromatic nitrogens is 6. The lowest BCUT2D eigenvalue weighted by Gasteiger charge is -2.00. The van der Waals surface area contributed by atoms with E-state index in [4.69, 9.17) is 16.1 Å². The second-order valence-electron chi connectivity index (χ2n) is 4.10. The van der Waals surface area contributed by atoms with Crippen molar-refractivity contribution in [3.63, 3.8) is 0 Å². The lowest BCUT2D eigenvalue weighted by molar-refractivity contribution is 0.383. The van der Waals surface area contributed by atoms with E-state index >= 15 is 0 Å². The van der Waals surface area contributed by atoms with E-state index in [-0.39, 0.29) is 23.6 Å². The van der Waals surface area contributed by atoms with E-state index in [1.807, 2.05) is 0 Å². The van der Waals surface area contributed by atoms with E-state index in [0.29, 0.717) is 11.7 Å². The third-order valence-electron chi connectivity index (χ3n) is 2.81. The molecule has 10 heteroatoms. The molecule has 3 aromatic rings. The number of alkyl halides is 1. The van der Waals surface area contributed by atoms with Gasteiger partial charge in [-0.3, -0.25) is 14.3 Å². The maximum Gasteiger partial charge on any atom is 0.329 e. The second kappa shape index (κ2) is 4.60. The topological polar surface area (TPSA) is 112 Å². The molecule has 0 unspecified atom stereocenters. The molecule has 1 N–H and O–H groups in total. The highest BCUT2D eigenvalue weighted by Crippen LogP contribution is 2.07. The monoisotopic (exact) mass is 296 g/mol. The first-order valence-corrected chi connectivity index (χ1v) is 6.15. The highest BCUT2D eigenvalue weighted by Gasteiger charge is 2.13. The minimum atomic E-state index is -0.517. The van der Waals surface area contributed by atoms with Crippen molar-refractivity contribution in [2.75, 3.05) is 0 Å². The first kappa shape index (κ1) is 12.6. The second-order valence-corrected chi connectivity index (χ2v) is 4.37. The van der Waals surface area contributed by atoms with Gasteiger partial charge in [-0.25, -0.2) is 9.78 Å². The lowest BCUT2D eigenvalue weighted by Crippen LogP contribution is -2.33. The number of fused-ring (bicyclic) bond motifs is 1. The maximum atomic E-state index is 12.1. The van der Waals surface area contributed by atoms with E-state index in [2.05, 4.69) is 20.1 Å². The van der Waals surface area contributed by atoms with Crippen molar-refractivity contribution in [2.45, 2.75) is 12.4 Å². The summed E-state index contributed by atoms with van der Waals surface area (Å²) in [4.78, 5) is 34.1. The first-order chi connectivity index (χ1) is 9.60. The van der Waals surface area contributed by atoms with Gasteiger partial charge in [0.25, 0.3) is 5.56 Å². The molecule has 0 aliphatic carbocycles. The molecule has 9 nitrogen and oxygen atoms in total. The van der Waals surface area contributed by atoms with Gasteiger partial charge in [0.1, 0.15) is 5.88 Å². The molecule has 0 saturated heterocycles. The molecule has 3 heterocycles. The number of aromatic amines is 1. The molecule has 3 rings (SSSR count). The molecular formula is C10H9ClN6O3. The summed E-state index contributed by atoms with van der Waals surface area (Å²) in [6.07, 6.45) is 1.43. The Kier molecular flexibility index (Phi) is 2.90. The Morgan fingerprint density at radius 2 is 2.25 bits per heavy atom. The number of nitrogens with one attached hydrogen (secondary N) is 1. The standard InChI is InChI=1S/C10H9ClN6O3/c1-16-9(18)7-8(14-10(16)19)12-4-17(7)3-5-13-6(2-11)20-15-5/h4H,2-3H2,1H3,(H,14,19). The molecule has 20 heavy (non-hydrogen) atoms. The van der Waals surface area contributed by atoms with Crippen molar-refractivity contribution in [2.24, 2.45) is 7.05 Å². The molecule has 104 valence electrons. The minimum absolute atomic E-state index is 0.118. The Hall–Kier alpha value is -2.42. The third kappa shape index (κ3) is 1.92. The van der Waals surface area contributed by atoms with Crippen LogP contribution in [0.4, 0.5) is 0 Å². The van der Waals surface area contributed by atoms with Crippen molar-refractivity contribution in [3.8, 4) is 0 Å². The van der Waals surface area contributed by atoms with Crippen LogP contribution < -0.4 is 11.2 Å². The molecule has 0 bridgehead atoms. The molecule has 0 aromatic carbocycles. The molecule has 0 radical (unpaired) electrons. The van der Waals surface area contributed by atoms with Crippen molar-refractivity contribution < 1.29 is 4.52 Å². The smallest absolute Gasteiger partial charge is 0.329 e. The van der Waals surface area contributed by atoms with Crippen LogP contribution in [0, 0.1) is 0 Å². The maximum absolute atomic E-state index is 12.1. The Bertz CT molecular complexity index is 888. The predicted molar refractivity (Wildman–Crippen MR) is 68.6 cm³/mol. The number of imidazole rings is 1. The van der Waals surface area contributed by atoms with Crippen LogP contribution in [0.25, 0.3) is 11.2 Å². The SMILES string of the molecule is Cn1c(=O)[nH]c2ncn(Cc3noc(CCl)n3)c2c1=O. The molecule has 0 aliphatic rings. The first-order valence-electron chi connectivity index (χ1n) is 5.61. The zero-order valence-electron chi connectivity index (χ0n) is 10.3. The molecule has 0 atom stereocenters. The molecule has 0 saturated carbocycles. The van der Waals surface area contributed by atoms with Gasteiger partial charge in [-0.15, -0.1) is 11.6 Å². The Morgan fingerprint density at radius 3 is 2.95 bits per heavy atom. The van der Waals surface area contributed by atoms with Gasteiger partial charge in [0.2, 0.25) is 5.89 Å². The van der Waals surface area contributed by atoms with Crippen LogP contribution in [0.2, 0.25) is 0 Å². The summed E-state index contributed by atoms with van der Waals surface area (Å²) in [6, 6.07) is 0. The van der Waals surface area contributed by atoms with Gasteiger partial charge in [0, 0.05) is 7.05 Å². The number of rotatable bonds is 3. The summed E-state index contributed by atoms with van der Waals surface area (Å²) in [7, 11) is 1.39. The number of hydrogen-bond acceptors (Lipinski definition) is 6. The fraction of sp³-hybridized carbons (Fsp3) is 0.300. The Morgan fingerprint density at radius 1 is 1.45 bits per heavy atom. The van der Waals surface area contributed by atoms with E-state index in [9.17, 15) is 9.59 Å². The average molecular weight is 297 g/mol. The van der Waals surface area contributed by atoms with Gasteiger partial charge in [-0.1, -0.05) is 5.16 Å². The van der Waals surface area contributed by atoms with Gasteiger partial charge >= 0.3 is 5.69 Å². The van der Waals surface area contributed by atoms with Gasteiger partial charge in [0.15, 0.2) is 17.0 Å². The number of nitrogens with zero attached hydrogens (tertiary/aromatic N) is 5. The van der Waals surface area contributed by atoms with Gasteiger partial charge < -0.3 is 9.09 Å². The van der Waals surface area contributed by atoms with E-state index < -0.39 is 11.2 Å². The van der Waals surface area contributed by atoms with Crippen molar-refractivity contribution in [3.05, 3.63) is 38.9 Å². The predicted octanol–water partition coefficient (Wildman–Crippen LogP) is -0.407. The summed E-state index contributed by atoms with van der Waals surface area (Å²) in [6.45, 7) is 0.193. The van der Waals surface area contributed by atoms with Crippen LogP contribution in [-0.4, -0.2) is 29.2 Å². The quantitative estimate of drug-likeness (QED) is 0.658. The van der Waals surface area contributed by atoms with Crippen LogP contribution >= 0.6 is 11.6 Å². The van der Waals surface area contributed by atoms with E-state index in [0.717, 1.165) is 4.57 Å². The fourth-order valence-electron chi connectivity index (χ4n) is 1.82. The summed E-state index contributed by atoms with van der Waals surface area (Å²) >= 11 is 5.57.